The van der Waals surface area contributed by atoms with Gasteiger partial charge in [0.05, 0.1) is 17.9 Å². The first-order chi connectivity index (χ1) is 15.8. The van der Waals surface area contributed by atoms with E-state index in [1.165, 1.54) is 11.2 Å². The second-order valence-corrected chi connectivity index (χ2v) is 9.97. The molecule has 33 heavy (non-hydrogen) atoms. The second kappa shape index (κ2) is 7.93. The molecule has 0 unspecified atom stereocenters. The van der Waals surface area contributed by atoms with Gasteiger partial charge in [-0.3, -0.25) is 0 Å². The molecule has 0 saturated carbocycles. The Hall–Kier alpha value is -3.30. The average molecular weight is 469 g/mol. The molecule has 0 radical (unpaired) electrons. The number of fused-ring (bicyclic) bond motifs is 3. The second-order valence-electron chi connectivity index (χ2n) is 8.11. The normalized spacial score (nSPS) is 16.5. The van der Waals surface area contributed by atoms with Crippen molar-refractivity contribution in [3.63, 3.8) is 0 Å². The van der Waals surface area contributed by atoms with Gasteiger partial charge in [-0.1, -0.05) is 48.0 Å². The van der Waals surface area contributed by atoms with Gasteiger partial charge in [0, 0.05) is 24.1 Å². The molecule has 0 amide bonds. The molecule has 1 aliphatic rings. The van der Waals surface area contributed by atoms with Crippen LogP contribution in [0.3, 0.4) is 0 Å². The van der Waals surface area contributed by atoms with Crippen LogP contribution in [0.15, 0.2) is 78.0 Å². The van der Waals surface area contributed by atoms with Gasteiger partial charge in [-0.15, -0.1) is 0 Å². The lowest BCUT2D eigenvalue weighted by molar-refractivity contribution is 0.0541. The molecule has 0 spiro atoms. The van der Waals surface area contributed by atoms with Gasteiger partial charge in [-0.2, -0.15) is 18.2 Å². The van der Waals surface area contributed by atoms with Crippen LogP contribution >= 0.6 is 0 Å². The van der Waals surface area contributed by atoms with Crippen molar-refractivity contribution in [1.82, 2.24) is 18.7 Å². The van der Waals surface area contributed by atoms with Crippen LogP contribution in [0.1, 0.15) is 40.7 Å². The average Bonchev–Trinajstić information content (AvgIpc) is 3.39. The maximum absolute atomic E-state index is 14.0. The summed E-state index contributed by atoms with van der Waals surface area (Å²) in [5.74, 6) is 0. The van der Waals surface area contributed by atoms with E-state index in [-0.39, 0.29) is 17.1 Å². The third kappa shape index (κ3) is 3.48. The van der Waals surface area contributed by atoms with E-state index < -0.39 is 22.6 Å². The molecule has 6 nitrogen and oxygen atoms in total. The Kier molecular flexibility index (Phi) is 5.18. The lowest BCUT2D eigenvalue weighted by Crippen LogP contribution is -2.35. The van der Waals surface area contributed by atoms with Gasteiger partial charge >= 0.3 is 6.55 Å². The highest BCUT2D eigenvalue weighted by atomic mass is 32.2. The summed E-state index contributed by atoms with van der Waals surface area (Å²) in [6.07, 6.45) is 2.92. The van der Waals surface area contributed by atoms with Gasteiger partial charge in [-0.05, 0) is 43.2 Å². The quantitative estimate of drug-likeness (QED) is 0.425. The zero-order chi connectivity index (χ0) is 23.3. The molecule has 9 heteroatoms. The van der Waals surface area contributed by atoms with E-state index >= 15 is 0 Å². The Morgan fingerprint density at radius 2 is 1.73 bits per heavy atom. The Balaban J connectivity index is 1.76. The third-order valence-corrected chi connectivity index (χ3v) is 8.00. The van der Waals surface area contributed by atoms with Gasteiger partial charge in [0.15, 0.2) is 0 Å². The number of halogens is 2. The summed E-state index contributed by atoms with van der Waals surface area (Å²) >= 11 is 0. The molecular formula is C24H22F2N4O2S. The van der Waals surface area contributed by atoms with Crippen molar-refractivity contribution >= 4 is 10.0 Å². The minimum absolute atomic E-state index is 0.0814. The molecule has 170 valence electrons. The zero-order valence-electron chi connectivity index (χ0n) is 18.1. The first kappa shape index (κ1) is 21.5. The van der Waals surface area contributed by atoms with E-state index in [1.54, 1.807) is 0 Å². The van der Waals surface area contributed by atoms with Crippen molar-refractivity contribution in [3.05, 3.63) is 101 Å². The summed E-state index contributed by atoms with van der Waals surface area (Å²) in [6.45, 7) is 0.467. The number of aryl methyl sites for hydroxylation is 1. The van der Waals surface area contributed by atoms with E-state index in [1.807, 2.05) is 78.4 Å². The Labute approximate surface area is 190 Å². The van der Waals surface area contributed by atoms with E-state index in [9.17, 15) is 17.2 Å². The molecule has 0 aliphatic carbocycles. The summed E-state index contributed by atoms with van der Waals surface area (Å²) in [4.78, 5) is -0.225. The molecule has 1 atom stereocenters. The van der Waals surface area contributed by atoms with Crippen LogP contribution in [0.4, 0.5) is 8.78 Å². The van der Waals surface area contributed by atoms with Crippen LogP contribution in [0.5, 0.6) is 0 Å². The number of benzene rings is 2. The minimum Gasteiger partial charge on any atom is -0.319 e. The van der Waals surface area contributed by atoms with Crippen LogP contribution in [0.25, 0.3) is 5.69 Å². The molecule has 0 N–H and O–H groups in total. The lowest BCUT2D eigenvalue weighted by Gasteiger charge is -2.30. The van der Waals surface area contributed by atoms with E-state index in [0.29, 0.717) is 4.68 Å². The van der Waals surface area contributed by atoms with Crippen molar-refractivity contribution < 1.29 is 17.2 Å². The van der Waals surface area contributed by atoms with E-state index in [0.717, 1.165) is 34.3 Å². The molecule has 0 saturated heterocycles. The van der Waals surface area contributed by atoms with Crippen LogP contribution < -0.4 is 0 Å². The fourth-order valence-corrected chi connectivity index (χ4v) is 6.13. The van der Waals surface area contributed by atoms with Gasteiger partial charge in [0.2, 0.25) is 10.0 Å². The number of sulfonamides is 1. The fourth-order valence-electron chi connectivity index (χ4n) is 4.42. The van der Waals surface area contributed by atoms with Crippen molar-refractivity contribution in [3.8, 4) is 5.69 Å². The highest BCUT2D eigenvalue weighted by molar-refractivity contribution is 7.89. The smallest absolute Gasteiger partial charge is 0.319 e. The van der Waals surface area contributed by atoms with Crippen molar-refractivity contribution in [1.29, 1.82) is 0 Å². The summed E-state index contributed by atoms with van der Waals surface area (Å²) in [6, 6.07) is 18.4. The Morgan fingerprint density at radius 3 is 2.42 bits per heavy atom. The number of nitrogens with zero attached hydrogens (tertiary/aromatic N) is 4. The maximum Gasteiger partial charge on any atom is 0.333 e. The van der Waals surface area contributed by atoms with Crippen molar-refractivity contribution in [2.24, 2.45) is 0 Å². The number of rotatable bonds is 4. The molecule has 5 rings (SSSR count). The number of hydrogen-bond acceptors (Lipinski definition) is 3. The van der Waals surface area contributed by atoms with Crippen LogP contribution in [-0.4, -0.2) is 27.1 Å². The molecule has 0 fully saturated rings. The van der Waals surface area contributed by atoms with Crippen LogP contribution in [0.2, 0.25) is 0 Å². The predicted octanol–water partition coefficient (Wildman–Crippen LogP) is 4.98. The lowest BCUT2D eigenvalue weighted by atomic mass is 10.0. The molecule has 2 aromatic heterocycles. The largest absolute Gasteiger partial charge is 0.333 e. The monoisotopic (exact) mass is 468 g/mol. The van der Waals surface area contributed by atoms with E-state index in [4.69, 9.17) is 0 Å². The summed E-state index contributed by atoms with van der Waals surface area (Å²) in [5.41, 5.74) is 4.21. The highest BCUT2D eigenvalue weighted by Gasteiger charge is 2.39. The summed E-state index contributed by atoms with van der Waals surface area (Å²) < 4.78 is 58.5. The van der Waals surface area contributed by atoms with Crippen LogP contribution in [-0.2, 0) is 16.6 Å². The zero-order valence-corrected chi connectivity index (χ0v) is 18.9. The number of alkyl halides is 2. The maximum atomic E-state index is 14.0. The fraction of sp³-hybridized carbons (Fsp3) is 0.208. The van der Waals surface area contributed by atoms with E-state index in [2.05, 4.69) is 5.10 Å². The standard InChI is InChI=1S/C24H22F2N4O2S/c1-16-9-11-18(12-10-16)23-21-8-5-13-28(21)20-7-4-3-6-19(20)15-29(23)33(31,32)22-14-27-30(17(22)2)24(25)26/h3-14,23-24H,15H2,1-2H3/t23-/m0/s1. The van der Waals surface area contributed by atoms with Crippen LogP contribution in [0, 0.1) is 13.8 Å². The SMILES string of the molecule is Cc1ccc([C@H]2c3cccn3-c3ccccc3CN2S(=O)(=O)c2cnn(C(F)F)c2C)cc1. The third-order valence-electron chi connectivity index (χ3n) is 6.09. The van der Waals surface area contributed by atoms with Gasteiger partial charge in [0.25, 0.3) is 0 Å². The molecule has 3 heterocycles. The molecule has 1 aliphatic heterocycles. The first-order valence-electron chi connectivity index (χ1n) is 10.4. The summed E-state index contributed by atoms with van der Waals surface area (Å²) in [7, 11) is -4.20. The molecule has 2 aromatic carbocycles. The number of aromatic nitrogens is 3. The Morgan fingerprint density at radius 1 is 1.00 bits per heavy atom. The van der Waals surface area contributed by atoms with Gasteiger partial charge in [0.1, 0.15) is 4.90 Å². The van der Waals surface area contributed by atoms with Gasteiger partial charge < -0.3 is 4.57 Å². The highest BCUT2D eigenvalue weighted by Crippen LogP contribution is 2.40. The molecule has 4 aromatic rings. The Bertz CT molecular complexity index is 1420. The van der Waals surface area contributed by atoms with Crippen molar-refractivity contribution in [2.45, 2.75) is 37.9 Å². The summed E-state index contributed by atoms with van der Waals surface area (Å²) in [5, 5.41) is 3.64. The number of para-hydroxylation sites is 1. The molecular weight excluding hydrogens is 446 g/mol. The topological polar surface area (TPSA) is 60.1 Å². The van der Waals surface area contributed by atoms with Crippen molar-refractivity contribution in [2.75, 3.05) is 0 Å². The predicted molar refractivity (Wildman–Crippen MR) is 120 cm³/mol. The minimum atomic E-state index is -4.20. The first-order valence-corrected chi connectivity index (χ1v) is 11.9. The molecule has 0 bridgehead atoms. The number of hydrogen-bond donors (Lipinski definition) is 0. The van der Waals surface area contributed by atoms with Gasteiger partial charge in [-0.25, -0.2) is 13.1 Å².